The minimum atomic E-state index is -0.637. The molecule has 0 saturated carbocycles. The number of para-hydroxylation sites is 1. The number of aryl methyl sites for hydroxylation is 1. The molecule has 0 spiro atoms. The Balaban J connectivity index is 1.89. The first kappa shape index (κ1) is 17.9. The Morgan fingerprint density at radius 3 is 2.62 bits per heavy atom. The molecule has 0 atom stereocenters. The first-order chi connectivity index (χ1) is 12.5. The van der Waals surface area contributed by atoms with Gasteiger partial charge in [0.05, 0.1) is 24.1 Å². The molecule has 4 nitrogen and oxygen atoms in total. The summed E-state index contributed by atoms with van der Waals surface area (Å²) in [6.45, 7) is 1.80. The summed E-state index contributed by atoms with van der Waals surface area (Å²) in [5.74, 6) is -0.749. The third kappa shape index (κ3) is 3.53. The van der Waals surface area contributed by atoms with E-state index in [0.29, 0.717) is 22.2 Å². The van der Waals surface area contributed by atoms with Crippen LogP contribution in [0.25, 0.3) is 11.8 Å². The second-order valence-electron chi connectivity index (χ2n) is 5.58. The molecule has 6 heteroatoms. The Labute approximate surface area is 155 Å². The van der Waals surface area contributed by atoms with Crippen molar-refractivity contribution >= 4 is 23.5 Å². The van der Waals surface area contributed by atoms with Crippen molar-refractivity contribution in [2.75, 3.05) is 7.11 Å². The number of ketones is 1. The number of aromatic nitrogens is 2. The fourth-order valence-electron chi connectivity index (χ4n) is 2.51. The molecule has 0 aliphatic heterocycles. The number of rotatable bonds is 5. The monoisotopic (exact) mass is 370 g/mol. The Morgan fingerprint density at radius 1 is 1.23 bits per heavy atom. The normalized spacial score (nSPS) is 11.1. The van der Waals surface area contributed by atoms with Crippen molar-refractivity contribution in [1.29, 1.82) is 0 Å². The lowest BCUT2D eigenvalue weighted by molar-refractivity contribution is 0.104. The highest BCUT2D eigenvalue weighted by molar-refractivity contribution is 6.31. The molecular formula is C20H16ClFN2O2. The number of carbonyl (C=O) groups excluding carboxylic acids is 1. The smallest absolute Gasteiger partial charge is 0.188 e. The van der Waals surface area contributed by atoms with Crippen molar-refractivity contribution in [2.45, 2.75) is 6.92 Å². The van der Waals surface area contributed by atoms with Gasteiger partial charge >= 0.3 is 0 Å². The molecule has 0 radical (unpaired) electrons. The molecule has 1 aromatic heterocycles. The lowest BCUT2D eigenvalue weighted by atomic mass is 10.1. The van der Waals surface area contributed by atoms with Crippen LogP contribution in [0.1, 0.15) is 21.6 Å². The number of hydrogen-bond acceptors (Lipinski definition) is 3. The quantitative estimate of drug-likeness (QED) is 0.475. The second-order valence-corrected chi connectivity index (χ2v) is 5.94. The zero-order valence-corrected chi connectivity index (χ0v) is 15.0. The largest absolute Gasteiger partial charge is 0.497 e. The zero-order chi connectivity index (χ0) is 18.7. The third-order valence-corrected chi connectivity index (χ3v) is 4.26. The molecule has 26 heavy (non-hydrogen) atoms. The van der Waals surface area contributed by atoms with E-state index < -0.39 is 11.6 Å². The molecule has 0 bridgehead atoms. The first-order valence-corrected chi connectivity index (χ1v) is 8.25. The van der Waals surface area contributed by atoms with Crippen LogP contribution < -0.4 is 4.74 Å². The Kier molecular flexibility index (Phi) is 5.19. The van der Waals surface area contributed by atoms with E-state index in [2.05, 4.69) is 5.10 Å². The van der Waals surface area contributed by atoms with Crippen molar-refractivity contribution in [3.8, 4) is 11.4 Å². The van der Waals surface area contributed by atoms with Gasteiger partial charge in [-0.15, -0.1) is 0 Å². The third-order valence-electron chi connectivity index (χ3n) is 3.89. The number of carbonyl (C=O) groups is 1. The summed E-state index contributed by atoms with van der Waals surface area (Å²) < 4.78 is 20.5. The topological polar surface area (TPSA) is 44.1 Å². The second kappa shape index (κ2) is 7.54. The molecule has 0 aliphatic carbocycles. The average molecular weight is 371 g/mol. The number of nitrogens with zero attached hydrogens (tertiary/aromatic N) is 2. The molecular weight excluding hydrogens is 355 g/mol. The summed E-state index contributed by atoms with van der Waals surface area (Å²) in [4.78, 5) is 12.3. The van der Waals surface area contributed by atoms with E-state index in [4.69, 9.17) is 16.3 Å². The van der Waals surface area contributed by atoms with Crippen LogP contribution in [0.5, 0.6) is 5.75 Å². The molecule has 0 amide bonds. The molecule has 1 heterocycles. The minimum Gasteiger partial charge on any atom is -0.497 e. The van der Waals surface area contributed by atoms with Gasteiger partial charge in [0.25, 0.3) is 0 Å². The van der Waals surface area contributed by atoms with E-state index in [9.17, 15) is 9.18 Å². The van der Waals surface area contributed by atoms with Crippen molar-refractivity contribution in [3.63, 3.8) is 0 Å². The summed E-state index contributed by atoms with van der Waals surface area (Å²) in [5.41, 5.74) is 2.05. The minimum absolute atomic E-state index is 0.0359. The van der Waals surface area contributed by atoms with Crippen LogP contribution >= 0.6 is 11.6 Å². The maximum absolute atomic E-state index is 14.0. The SMILES string of the molecule is COc1ccc(C(=O)/C=C/c2c(C)nn(-c3ccccc3)c2Cl)c(F)c1. The average Bonchev–Trinajstić information content (AvgIpc) is 2.94. The van der Waals surface area contributed by atoms with E-state index in [0.717, 1.165) is 5.69 Å². The summed E-state index contributed by atoms with van der Waals surface area (Å²) in [7, 11) is 1.44. The highest BCUT2D eigenvalue weighted by Crippen LogP contribution is 2.25. The van der Waals surface area contributed by atoms with Crippen LogP contribution in [0.2, 0.25) is 5.15 Å². The van der Waals surface area contributed by atoms with Crippen LogP contribution in [0, 0.1) is 12.7 Å². The molecule has 0 fully saturated rings. The molecule has 0 saturated heterocycles. The number of halogens is 2. The number of ether oxygens (including phenoxy) is 1. The zero-order valence-electron chi connectivity index (χ0n) is 14.2. The summed E-state index contributed by atoms with van der Waals surface area (Å²) in [6.07, 6.45) is 2.84. The van der Waals surface area contributed by atoms with Crippen LogP contribution in [0.3, 0.4) is 0 Å². The fraction of sp³-hybridized carbons (Fsp3) is 0.100. The van der Waals surface area contributed by atoms with Gasteiger partial charge in [-0.3, -0.25) is 4.79 Å². The van der Waals surface area contributed by atoms with Gasteiger partial charge in [-0.2, -0.15) is 5.10 Å². The predicted molar refractivity (Wildman–Crippen MR) is 99.6 cm³/mol. The van der Waals surface area contributed by atoms with Crippen LogP contribution in [-0.4, -0.2) is 22.7 Å². The van der Waals surface area contributed by atoms with E-state index >= 15 is 0 Å². The fourth-order valence-corrected chi connectivity index (χ4v) is 2.85. The van der Waals surface area contributed by atoms with Crippen molar-refractivity contribution < 1.29 is 13.9 Å². The van der Waals surface area contributed by atoms with Crippen molar-refractivity contribution in [1.82, 2.24) is 9.78 Å². The van der Waals surface area contributed by atoms with Gasteiger partial charge in [0.2, 0.25) is 0 Å². The number of methoxy groups -OCH3 is 1. The van der Waals surface area contributed by atoms with Gasteiger partial charge in [-0.25, -0.2) is 9.07 Å². The number of hydrogen-bond donors (Lipinski definition) is 0. The molecule has 132 valence electrons. The van der Waals surface area contributed by atoms with Crippen LogP contribution in [0.4, 0.5) is 4.39 Å². The van der Waals surface area contributed by atoms with Gasteiger partial charge in [0.15, 0.2) is 5.78 Å². The van der Waals surface area contributed by atoms with Crippen molar-refractivity contribution in [3.05, 3.63) is 82.4 Å². The molecule has 3 aromatic rings. The molecule has 2 aromatic carbocycles. The highest BCUT2D eigenvalue weighted by Gasteiger charge is 2.14. The summed E-state index contributed by atoms with van der Waals surface area (Å²) in [6, 6.07) is 13.5. The van der Waals surface area contributed by atoms with Gasteiger partial charge in [0, 0.05) is 11.6 Å². The Bertz CT molecular complexity index is 981. The molecule has 0 aliphatic rings. The van der Waals surface area contributed by atoms with E-state index in [1.165, 1.54) is 31.4 Å². The Morgan fingerprint density at radius 2 is 1.96 bits per heavy atom. The van der Waals surface area contributed by atoms with Gasteiger partial charge in [0.1, 0.15) is 16.7 Å². The lowest BCUT2D eigenvalue weighted by Gasteiger charge is -2.03. The van der Waals surface area contributed by atoms with Gasteiger partial charge in [-0.05, 0) is 43.3 Å². The highest BCUT2D eigenvalue weighted by atomic mass is 35.5. The maximum atomic E-state index is 14.0. The predicted octanol–water partition coefficient (Wildman–Crippen LogP) is 4.88. The van der Waals surface area contributed by atoms with E-state index in [1.54, 1.807) is 17.7 Å². The molecule has 0 unspecified atom stereocenters. The summed E-state index contributed by atoms with van der Waals surface area (Å²) >= 11 is 6.41. The summed E-state index contributed by atoms with van der Waals surface area (Å²) in [5, 5.41) is 4.79. The number of allylic oxidation sites excluding steroid dienone is 1. The van der Waals surface area contributed by atoms with Crippen LogP contribution in [0.15, 0.2) is 54.6 Å². The maximum Gasteiger partial charge on any atom is 0.188 e. The van der Waals surface area contributed by atoms with Crippen molar-refractivity contribution in [2.24, 2.45) is 0 Å². The lowest BCUT2D eigenvalue weighted by Crippen LogP contribution is -1.99. The van der Waals surface area contributed by atoms with E-state index in [-0.39, 0.29) is 5.56 Å². The molecule has 0 N–H and O–H groups in total. The van der Waals surface area contributed by atoms with Crippen LogP contribution in [-0.2, 0) is 0 Å². The van der Waals surface area contributed by atoms with Gasteiger partial charge in [-0.1, -0.05) is 29.8 Å². The molecule has 3 rings (SSSR count). The number of benzene rings is 2. The first-order valence-electron chi connectivity index (χ1n) is 7.87. The van der Waals surface area contributed by atoms with Gasteiger partial charge < -0.3 is 4.74 Å². The van der Waals surface area contributed by atoms with E-state index in [1.807, 2.05) is 30.3 Å². The Hall–Kier alpha value is -2.92. The standard InChI is InChI=1S/C20H16ClFN2O2/c1-13-16(20(21)24(23-13)14-6-4-3-5-7-14)10-11-19(25)17-9-8-15(26-2)12-18(17)22/h3-12H,1-2H3/b11-10+.